The second kappa shape index (κ2) is 7.25. The summed E-state index contributed by atoms with van der Waals surface area (Å²) in [6.45, 7) is 5.96. The molecule has 0 spiro atoms. The van der Waals surface area contributed by atoms with Crippen molar-refractivity contribution in [2.45, 2.75) is 13.5 Å². The summed E-state index contributed by atoms with van der Waals surface area (Å²) in [6.07, 6.45) is 3.94. The molecule has 0 unspecified atom stereocenters. The normalized spacial score (nSPS) is 11.0. The number of allylic oxidation sites excluding steroid dienone is 2. The van der Waals surface area contributed by atoms with E-state index in [-0.39, 0.29) is 5.91 Å². The number of rotatable bonds is 5. The first-order valence-electron chi connectivity index (χ1n) is 6.92. The van der Waals surface area contributed by atoms with Gasteiger partial charge >= 0.3 is 0 Å². The molecule has 0 aliphatic rings. The minimum Gasteiger partial charge on any atom is -0.352 e. The highest BCUT2D eigenvalue weighted by Crippen LogP contribution is 2.23. The maximum Gasteiger partial charge on any atom is 0.217 e. The van der Waals surface area contributed by atoms with Gasteiger partial charge in [0, 0.05) is 13.5 Å². The number of hydrogen-bond acceptors (Lipinski definition) is 1. The van der Waals surface area contributed by atoms with Gasteiger partial charge in [-0.2, -0.15) is 0 Å². The fraction of sp³-hybridized carbons (Fsp3) is 0.105. The highest BCUT2D eigenvalue weighted by molar-refractivity contribution is 5.88. The van der Waals surface area contributed by atoms with E-state index in [9.17, 15) is 4.79 Å². The topological polar surface area (TPSA) is 29.1 Å². The molecule has 0 fully saturated rings. The summed E-state index contributed by atoms with van der Waals surface area (Å²) >= 11 is 0. The second-order valence-corrected chi connectivity index (χ2v) is 4.78. The SMILES string of the molecule is C=C/C(=C/c1ccccc1)c1ccccc1CNC(C)=O. The Morgan fingerprint density at radius 1 is 1.10 bits per heavy atom. The van der Waals surface area contributed by atoms with Crippen molar-refractivity contribution in [2.75, 3.05) is 0 Å². The minimum absolute atomic E-state index is 0.0306. The van der Waals surface area contributed by atoms with Gasteiger partial charge in [0.25, 0.3) is 0 Å². The zero-order valence-electron chi connectivity index (χ0n) is 12.2. The molecule has 0 heterocycles. The van der Waals surface area contributed by atoms with Crippen molar-refractivity contribution in [1.29, 1.82) is 0 Å². The third-order valence-electron chi connectivity index (χ3n) is 3.20. The summed E-state index contributed by atoms with van der Waals surface area (Å²) in [6, 6.07) is 18.2. The average molecular weight is 277 g/mol. The molecule has 1 N–H and O–H groups in total. The van der Waals surface area contributed by atoms with E-state index in [2.05, 4.69) is 30.1 Å². The van der Waals surface area contributed by atoms with E-state index in [1.165, 1.54) is 6.92 Å². The van der Waals surface area contributed by atoms with Gasteiger partial charge in [0.05, 0.1) is 0 Å². The van der Waals surface area contributed by atoms with Gasteiger partial charge in [-0.1, -0.05) is 67.3 Å². The minimum atomic E-state index is -0.0306. The van der Waals surface area contributed by atoms with Crippen LogP contribution >= 0.6 is 0 Å². The van der Waals surface area contributed by atoms with E-state index in [4.69, 9.17) is 0 Å². The molecule has 0 bridgehead atoms. The zero-order valence-corrected chi connectivity index (χ0v) is 12.2. The molecule has 0 aliphatic carbocycles. The Hall–Kier alpha value is -2.61. The summed E-state index contributed by atoms with van der Waals surface area (Å²) in [7, 11) is 0. The van der Waals surface area contributed by atoms with Crippen LogP contribution in [-0.4, -0.2) is 5.91 Å². The Morgan fingerprint density at radius 3 is 2.43 bits per heavy atom. The molecule has 0 aliphatic heterocycles. The summed E-state index contributed by atoms with van der Waals surface area (Å²) in [5.41, 5.74) is 4.34. The molecule has 0 radical (unpaired) electrons. The Balaban J connectivity index is 2.36. The molecule has 2 aromatic carbocycles. The van der Waals surface area contributed by atoms with Crippen LogP contribution in [-0.2, 0) is 11.3 Å². The van der Waals surface area contributed by atoms with Crippen LogP contribution in [0.5, 0.6) is 0 Å². The number of carbonyl (C=O) groups is 1. The van der Waals surface area contributed by atoms with Crippen molar-refractivity contribution in [2.24, 2.45) is 0 Å². The number of benzene rings is 2. The fourth-order valence-electron chi connectivity index (χ4n) is 2.15. The molecular formula is C19H19NO. The van der Waals surface area contributed by atoms with E-state index in [1.54, 1.807) is 0 Å². The molecule has 1 amide bonds. The smallest absolute Gasteiger partial charge is 0.217 e. The number of carbonyl (C=O) groups excluding carboxylic acids is 1. The third-order valence-corrected chi connectivity index (χ3v) is 3.20. The van der Waals surface area contributed by atoms with Gasteiger partial charge in [0.15, 0.2) is 0 Å². The lowest BCUT2D eigenvalue weighted by Crippen LogP contribution is -2.19. The van der Waals surface area contributed by atoms with Gasteiger partial charge in [-0.25, -0.2) is 0 Å². The van der Waals surface area contributed by atoms with E-state index >= 15 is 0 Å². The first-order chi connectivity index (χ1) is 10.2. The maximum atomic E-state index is 11.1. The standard InChI is InChI=1S/C19H19NO/c1-3-17(13-16-9-5-4-6-10-16)19-12-8-7-11-18(19)14-20-15(2)21/h3-13H,1,14H2,2H3,(H,20,21)/b17-13-. The van der Waals surface area contributed by atoms with Crippen molar-refractivity contribution in [3.05, 3.63) is 83.9 Å². The second-order valence-electron chi connectivity index (χ2n) is 4.78. The average Bonchev–Trinajstić information content (AvgIpc) is 2.52. The number of hydrogen-bond donors (Lipinski definition) is 1. The predicted octanol–water partition coefficient (Wildman–Crippen LogP) is 4.05. The van der Waals surface area contributed by atoms with E-state index < -0.39 is 0 Å². The molecular weight excluding hydrogens is 258 g/mol. The fourth-order valence-corrected chi connectivity index (χ4v) is 2.15. The van der Waals surface area contributed by atoms with Gasteiger partial charge < -0.3 is 5.32 Å². The van der Waals surface area contributed by atoms with Crippen molar-refractivity contribution in [3.63, 3.8) is 0 Å². The van der Waals surface area contributed by atoms with Gasteiger partial charge in [-0.05, 0) is 28.3 Å². The van der Waals surface area contributed by atoms with Crippen LogP contribution in [0.25, 0.3) is 11.6 Å². The molecule has 21 heavy (non-hydrogen) atoms. The number of amides is 1. The number of nitrogens with one attached hydrogen (secondary N) is 1. The summed E-state index contributed by atoms with van der Waals surface area (Å²) in [4.78, 5) is 11.1. The van der Waals surface area contributed by atoms with Crippen LogP contribution in [0.4, 0.5) is 0 Å². The molecule has 2 rings (SSSR count). The van der Waals surface area contributed by atoms with Crippen LogP contribution in [0, 0.1) is 0 Å². The molecule has 0 saturated heterocycles. The summed E-state index contributed by atoms with van der Waals surface area (Å²) in [5.74, 6) is -0.0306. The largest absolute Gasteiger partial charge is 0.352 e. The van der Waals surface area contributed by atoms with Crippen LogP contribution in [0.3, 0.4) is 0 Å². The van der Waals surface area contributed by atoms with Crippen LogP contribution in [0.1, 0.15) is 23.6 Å². The lowest BCUT2D eigenvalue weighted by atomic mass is 9.97. The molecule has 2 heteroatoms. The first kappa shape index (κ1) is 14.8. The molecule has 0 saturated carbocycles. The van der Waals surface area contributed by atoms with Gasteiger partial charge in [-0.3, -0.25) is 4.79 Å². The molecule has 106 valence electrons. The highest BCUT2D eigenvalue weighted by Gasteiger charge is 2.05. The van der Waals surface area contributed by atoms with Crippen molar-refractivity contribution in [1.82, 2.24) is 5.32 Å². The lowest BCUT2D eigenvalue weighted by molar-refractivity contribution is -0.119. The van der Waals surface area contributed by atoms with Crippen molar-refractivity contribution < 1.29 is 4.79 Å². The van der Waals surface area contributed by atoms with Gasteiger partial charge in [0.1, 0.15) is 0 Å². The zero-order chi connectivity index (χ0) is 15.1. The molecule has 2 nitrogen and oxygen atoms in total. The van der Waals surface area contributed by atoms with E-state index in [0.717, 1.165) is 22.3 Å². The van der Waals surface area contributed by atoms with Crippen molar-refractivity contribution >= 4 is 17.6 Å². The maximum absolute atomic E-state index is 11.1. The molecule has 0 aromatic heterocycles. The monoisotopic (exact) mass is 277 g/mol. The predicted molar refractivity (Wildman–Crippen MR) is 88.5 cm³/mol. The van der Waals surface area contributed by atoms with Crippen LogP contribution in [0.2, 0.25) is 0 Å². The highest BCUT2D eigenvalue weighted by atomic mass is 16.1. The van der Waals surface area contributed by atoms with Crippen LogP contribution < -0.4 is 5.32 Å². The lowest BCUT2D eigenvalue weighted by Gasteiger charge is -2.11. The third kappa shape index (κ3) is 4.18. The van der Waals surface area contributed by atoms with Crippen molar-refractivity contribution in [3.8, 4) is 0 Å². The Morgan fingerprint density at radius 2 is 1.76 bits per heavy atom. The molecule has 2 aromatic rings. The summed E-state index contributed by atoms with van der Waals surface area (Å²) in [5, 5.41) is 2.84. The Bertz CT molecular complexity index is 656. The quantitative estimate of drug-likeness (QED) is 0.648. The molecule has 0 atom stereocenters. The first-order valence-corrected chi connectivity index (χ1v) is 6.92. The van der Waals surface area contributed by atoms with E-state index in [1.807, 2.05) is 48.5 Å². The van der Waals surface area contributed by atoms with Gasteiger partial charge in [0.2, 0.25) is 5.91 Å². The van der Waals surface area contributed by atoms with E-state index in [0.29, 0.717) is 6.54 Å². The Kier molecular flexibility index (Phi) is 5.10. The van der Waals surface area contributed by atoms with Gasteiger partial charge in [-0.15, -0.1) is 0 Å². The van der Waals surface area contributed by atoms with Crippen LogP contribution in [0.15, 0.2) is 67.3 Å². The summed E-state index contributed by atoms with van der Waals surface area (Å²) < 4.78 is 0. The Labute approximate surface area is 125 Å².